The van der Waals surface area contributed by atoms with Crippen LogP contribution in [0, 0.1) is 0 Å². The Morgan fingerprint density at radius 1 is 0.784 bits per heavy atom. The van der Waals surface area contributed by atoms with Gasteiger partial charge in [-0.3, -0.25) is 14.6 Å². The molecule has 2 heterocycles. The van der Waals surface area contributed by atoms with Gasteiger partial charge in [0.05, 0.1) is 48.8 Å². The predicted octanol–water partition coefficient (Wildman–Crippen LogP) is 4.19. The Labute approximate surface area is 213 Å². The molecule has 0 saturated heterocycles. The van der Waals surface area contributed by atoms with E-state index in [0.717, 1.165) is 4.90 Å². The zero-order chi connectivity index (χ0) is 26.7. The second kappa shape index (κ2) is 10.7. The first-order valence-electron chi connectivity index (χ1n) is 12.0. The van der Waals surface area contributed by atoms with Crippen LogP contribution in [0.1, 0.15) is 69.1 Å². The molecule has 1 aromatic heterocycles. The molecule has 0 saturated carbocycles. The number of nitrogens with zero attached hydrogens (tertiary/aromatic N) is 2. The van der Waals surface area contributed by atoms with Crippen molar-refractivity contribution in [1.29, 1.82) is 0 Å². The van der Waals surface area contributed by atoms with Crippen molar-refractivity contribution in [3.63, 3.8) is 0 Å². The van der Waals surface area contributed by atoms with Crippen LogP contribution >= 0.6 is 0 Å². The minimum Gasteiger partial charge on any atom is -0.493 e. The Bertz CT molecular complexity index is 1400. The first-order chi connectivity index (χ1) is 17.9. The van der Waals surface area contributed by atoms with Gasteiger partial charge in [-0.05, 0) is 52.0 Å². The number of pyridine rings is 1. The van der Waals surface area contributed by atoms with Gasteiger partial charge in [-0.25, -0.2) is 14.5 Å². The van der Waals surface area contributed by atoms with E-state index in [1.807, 2.05) is 0 Å². The molecule has 0 radical (unpaired) electrons. The number of aromatic nitrogens is 1. The molecule has 0 spiro atoms. The summed E-state index contributed by atoms with van der Waals surface area (Å²) in [6, 6.07) is 5.82. The average Bonchev–Trinajstić information content (AvgIpc) is 2.88. The van der Waals surface area contributed by atoms with E-state index < -0.39 is 23.8 Å². The predicted molar refractivity (Wildman–Crippen MR) is 134 cm³/mol. The van der Waals surface area contributed by atoms with Crippen LogP contribution in [-0.2, 0) is 9.47 Å². The number of rotatable bonds is 9. The topological polar surface area (TPSA) is 121 Å². The molecule has 2 amide bonds. The molecule has 0 atom stereocenters. The lowest BCUT2D eigenvalue weighted by atomic mass is 9.86. The zero-order valence-electron chi connectivity index (χ0n) is 21.0. The monoisotopic (exact) mass is 506 g/mol. The molecule has 0 bridgehead atoms. The van der Waals surface area contributed by atoms with Crippen LogP contribution in [-0.4, -0.2) is 55.2 Å². The highest BCUT2D eigenvalue weighted by molar-refractivity contribution is 6.38. The first kappa shape index (κ1) is 25.6. The Morgan fingerprint density at radius 3 is 2.03 bits per heavy atom. The summed E-state index contributed by atoms with van der Waals surface area (Å²) >= 11 is 0. The molecule has 10 nitrogen and oxygen atoms in total. The van der Waals surface area contributed by atoms with Crippen molar-refractivity contribution in [2.24, 2.45) is 0 Å². The molecule has 1 aliphatic heterocycles. The van der Waals surface area contributed by atoms with Crippen LogP contribution in [0.3, 0.4) is 0 Å². The molecule has 4 rings (SSSR count). The fourth-order valence-corrected chi connectivity index (χ4v) is 4.33. The maximum atomic E-state index is 13.9. The number of hydrogen-bond donors (Lipinski definition) is 0. The maximum Gasteiger partial charge on any atom is 0.342 e. The van der Waals surface area contributed by atoms with E-state index in [9.17, 15) is 19.2 Å². The van der Waals surface area contributed by atoms with Gasteiger partial charge in [-0.2, -0.15) is 0 Å². The lowest BCUT2D eigenvalue weighted by Gasteiger charge is -2.30. The third-order valence-corrected chi connectivity index (χ3v) is 5.68. The standard InChI is InChI=1S/C27H26N2O8/c1-5-34-18-14-17(26(32)36-7-3)21-20-16(13-19(35-6-2)23(21)27(33)37-8-4)24(30)29(25(31)22(18)20)15-9-11-28-12-10-15/h9-14H,5-8H2,1-4H3. The van der Waals surface area contributed by atoms with E-state index in [0.29, 0.717) is 5.69 Å². The lowest BCUT2D eigenvalue weighted by molar-refractivity contribution is 0.0523. The Kier molecular flexibility index (Phi) is 7.37. The number of carbonyl (C=O) groups is 4. The average molecular weight is 507 g/mol. The Balaban J connectivity index is 2.19. The van der Waals surface area contributed by atoms with Gasteiger partial charge in [0.1, 0.15) is 17.1 Å². The number of benzene rings is 2. The molecule has 37 heavy (non-hydrogen) atoms. The van der Waals surface area contributed by atoms with Gasteiger partial charge in [-0.1, -0.05) is 0 Å². The van der Waals surface area contributed by atoms with Crippen molar-refractivity contribution in [1.82, 2.24) is 4.98 Å². The number of ether oxygens (including phenoxy) is 4. The molecule has 3 aromatic rings. The van der Waals surface area contributed by atoms with Crippen LogP contribution in [0.2, 0.25) is 0 Å². The van der Waals surface area contributed by atoms with Crippen molar-refractivity contribution in [3.05, 3.63) is 58.9 Å². The maximum absolute atomic E-state index is 13.9. The van der Waals surface area contributed by atoms with Gasteiger partial charge in [0, 0.05) is 23.2 Å². The number of imide groups is 1. The Hall–Kier alpha value is -4.47. The minimum absolute atomic E-state index is 0.0323. The van der Waals surface area contributed by atoms with Crippen LogP contribution in [0.4, 0.5) is 5.69 Å². The van der Waals surface area contributed by atoms with Crippen LogP contribution in [0.15, 0.2) is 36.7 Å². The molecule has 2 aromatic carbocycles. The zero-order valence-corrected chi connectivity index (χ0v) is 21.0. The summed E-state index contributed by atoms with van der Waals surface area (Å²) in [6.07, 6.45) is 2.92. The van der Waals surface area contributed by atoms with Crippen molar-refractivity contribution in [2.75, 3.05) is 31.3 Å². The number of carbonyl (C=O) groups excluding carboxylic acids is 4. The highest BCUT2D eigenvalue weighted by Crippen LogP contribution is 2.44. The molecule has 0 fully saturated rings. The highest BCUT2D eigenvalue weighted by atomic mass is 16.5. The second-order valence-corrected chi connectivity index (χ2v) is 7.80. The summed E-state index contributed by atoms with van der Waals surface area (Å²) in [5.41, 5.74) is 0.267. The van der Waals surface area contributed by atoms with Gasteiger partial charge < -0.3 is 18.9 Å². The molecule has 0 aliphatic carbocycles. The summed E-state index contributed by atoms with van der Waals surface area (Å²) in [5, 5.41) is 0.133. The number of anilines is 1. The van der Waals surface area contributed by atoms with Gasteiger partial charge in [0.25, 0.3) is 11.8 Å². The first-order valence-corrected chi connectivity index (χ1v) is 12.0. The van der Waals surface area contributed by atoms with Gasteiger partial charge in [0.2, 0.25) is 0 Å². The number of amides is 2. The van der Waals surface area contributed by atoms with Crippen LogP contribution < -0.4 is 14.4 Å². The molecule has 192 valence electrons. The minimum atomic E-state index is -0.769. The highest BCUT2D eigenvalue weighted by Gasteiger charge is 2.40. The SMILES string of the molecule is CCOC(=O)c1cc(OCC)c2c3c(cc(OCC)c(C(=O)OCC)c13)C(=O)N(c1ccncc1)C2=O. The van der Waals surface area contributed by atoms with Gasteiger partial charge in [-0.15, -0.1) is 0 Å². The number of esters is 2. The van der Waals surface area contributed by atoms with Crippen molar-refractivity contribution < 1.29 is 38.1 Å². The molecule has 0 N–H and O–H groups in total. The van der Waals surface area contributed by atoms with Crippen LogP contribution in [0.25, 0.3) is 10.8 Å². The molecule has 1 aliphatic rings. The summed E-state index contributed by atoms with van der Waals surface area (Å²) < 4.78 is 22.1. The van der Waals surface area contributed by atoms with Crippen molar-refractivity contribution in [2.45, 2.75) is 27.7 Å². The summed E-state index contributed by atoms with van der Waals surface area (Å²) in [5.74, 6) is -2.73. The largest absolute Gasteiger partial charge is 0.493 e. The smallest absolute Gasteiger partial charge is 0.342 e. The lowest BCUT2D eigenvalue weighted by Crippen LogP contribution is -2.41. The van der Waals surface area contributed by atoms with E-state index >= 15 is 0 Å². The van der Waals surface area contributed by atoms with E-state index in [1.54, 1.807) is 27.7 Å². The normalized spacial score (nSPS) is 12.5. The quantitative estimate of drug-likeness (QED) is 0.311. The van der Waals surface area contributed by atoms with Crippen molar-refractivity contribution in [3.8, 4) is 11.5 Å². The summed E-state index contributed by atoms with van der Waals surface area (Å²) in [7, 11) is 0. The molecular weight excluding hydrogens is 480 g/mol. The van der Waals surface area contributed by atoms with Gasteiger partial charge >= 0.3 is 11.9 Å². The molecule has 10 heteroatoms. The van der Waals surface area contributed by atoms with E-state index in [4.69, 9.17) is 18.9 Å². The number of hydrogen-bond acceptors (Lipinski definition) is 9. The van der Waals surface area contributed by atoms with E-state index in [1.165, 1.54) is 36.7 Å². The van der Waals surface area contributed by atoms with E-state index in [2.05, 4.69) is 4.98 Å². The molecule has 0 unspecified atom stereocenters. The van der Waals surface area contributed by atoms with E-state index in [-0.39, 0.29) is 71.0 Å². The van der Waals surface area contributed by atoms with Crippen LogP contribution in [0.5, 0.6) is 11.5 Å². The fraction of sp³-hybridized carbons (Fsp3) is 0.296. The third-order valence-electron chi connectivity index (χ3n) is 5.68. The van der Waals surface area contributed by atoms with Crippen molar-refractivity contribution >= 4 is 40.2 Å². The third kappa shape index (κ3) is 4.35. The van der Waals surface area contributed by atoms with Gasteiger partial charge in [0.15, 0.2) is 0 Å². The fourth-order valence-electron chi connectivity index (χ4n) is 4.33. The summed E-state index contributed by atoms with van der Waals surface area (Å²) in [4.78, 5) is 59.0. The Morgan fingerprint density at radius 2 is 1.41 bits per heavy atom. The summed E-state index contributed by atoms with van der Waals surface area (Å²) in [6.45, 7) is 7.18. The second-order valence-electron chi connectivity index (χ2n) is 7.80. The molecular formula is C27H26N2O8.